The van der Waals surface area contributed by atoms with Crippen LogP contribution in [0.1, 0.15) is 87.4 Å². The van der Waals surface area contributed by atoms with E-state index in [1.165, 1.54) is 45.6 Å². The lowest BCUT2D eigenvalue weighted by molar-refractivity contribution is -0.140. The molecule has 0 bridgehead atoms. The lowest BCUT2D eigenvalue weighted by Gasteiger charge is -2.26. The number of likely N-dealkylation sites (tertiary alicyclic amines) is 1. The number of esters is 1. The number of methoxy groups -OCH3 is 1. The number of unbranched alkanes of at least 4 members (excludes halogenated alkanes) is 7. The number of carbonyl (C=O) groups is 2. The minimum Gasteiger partial charge on any atom is -0.469 e. The van der Waals surface area contributed by atoms with Crippen molar-refractivity contribution in [1.82, 2.24) is 4.90 Å². The van der Waals surface area contributed by atoms with E-state index in [0.717, 1.165) is 63.0 Å². The minimum absolute atomic E-state index is 0.0965. The Bertz CT molecular complexity index is 595. The number of carbonyl (C=O) groups excluding carboxylic acids is 2. The van der Waals surface area contributed by atoms with Crippen LogP contribution in [-0.4, -0.2) is 43.5 Å². The molecule has 0 spiro atoms. The highest BCUT2D eigenvalue weighted by Gasteiger charge is 2.17. The van der Waals surface area contributed by atoms with E-state index in [1.807, 2.05) is 29.2 Å². The van der Waals surface area contributed by atoms with Crippen molar-refractivity contribution in [3.05, 3.63) is 29.8 Å². The molecule has 1 saturated heterocycles. The van der Waals surface area contributed by atoms with Crippen LogP contribution in [0.15, 0.2) is 24.3 Å². The van der Waals surface area contributed by atoms with Crippen LogP contribution in [0.3, 0.4) is 0 Å². The van der Waals surface area contributed by atoms with Crippen molar-refractivity contribution < 1.29 is 14.3 Å². The molecule has 5 heteroatoms. The van der Waals surface area contributed by atoms with Crippen molar-refractivity contribution in [3.63, 3.8) is 0 Å². The summed E-state index contributed by atoms with van der Waals surface area (Å²) in [5, 5.41) is 3.46. The third kappa shape index (κ3) is 9.33. The van der Waals surface area contributed by atoms with Crippen LogP contribution in [-0.2, 0) is 9.53 Å². The van der Waals surface area contributed by atoms with Crippen LogP contribution in [0.2, 0.25) is 0 Å². The summed E-state index contributed by atoms with van der Waals surface area (Å²) in [4.78, 5) is 25.5. The summed E-state index contributed by atoms with van der Waals surface area (Å²) in [6.45, 7) is 2.76. The quantitative estimate of drug-likeness (QED) is 0.354. The van der Waals surface area contributed by atoms with E-state index in [0.29, 0.717) is 6.42 Å². The molecule has 1 aromatic carbocycles. The molecule has 162 valence electrons. The van der Waals surface area contributed by atoms with Gasteiger partial charge in [-0.2, -0.15) is 0 Å². The van der Waals surface area contributed by atoms with Crippen LogP contribution in [0.25, 0.3) is 0 Å². The van der Waals surface area contributed by atoms with Gasteiger partial charge in [0.1, 0.15) is 0 Å². The molecule has 0 atom stereocenters. The fourth-order valence-corrected chi connectivity index (χ4v) is 3.80. The van der Waals surface area contributed by atoms with Crippen LogP contribution in [0, 0.1) is 0 Å². The number of rotatable bonds is 13. The van der Waals surface area contributed by atoms with Crippen LogP contribution < -0.4 is 5.32 Å². The highest BCUT2D eigenvalue weighted by molar-refractivity contribution is 5.94. The van der Waals surface area contributed by atoms with Crippen molar-refractivity contribution >= 4 is 17.6 Å². The number of piperidine rings is 1. The van der Waals surface area contributed by atoms with Gasteiger partial charge in [0, 0.05) is 37.3 Å². The maximum Gasteiger partial charge on any atom is 0.305 e. The Kier molecular flexibility index (Phi) is 11.2. The van der Waals surface area contributed by atoms with Gasteiger partial charge in [0.05, 0.1) is 7.11 Å². The van der Waals surface area contributed by atoms with Gasteiger partial charge in [0.25, 0.3) is 5.91 Å². The van der Waals surface area contributed by atoms with Crippen LogP contribution in [0.5, 0.6) is 0 Å². The number of benzene rings is 1. The fraction of sp³-hybridized carbons (Fsp3) is 0.667. The summed E-state index contributed by atoms with van der Waals surface area (Å²) < 4.78 is 4.64. The number of anilines is 1. The van der Waals surface area contributed by atoms with Gasteiger partial charge in [0.2, 0.25) is 0 Å². The third-order valence-corrected chi connectivity index (χ3v) is 5.64. The van der Waals surface area contributed by atoms with Gasteiger partial charge in [-0.05, 0) is 56.4 Å². The molecule has 1 amide bonds. The summed E-state index contributed by atoms with van der Waals surface area (Å²) in [7, 11) is 1.45. The number of hydrogen-bond acceptors (Lipinski definition) is 4. The van der Waals surface area contributed by atoms with Crippen molar-refractivity contribution in [2.45, 2.75) is 77.0 Å². The molecular weight excluding hydrogens is 364 g/mol. The summed E-state index contributed by atoms with van der Waals surface area (Å²) in [6, 6.07) is 7.93. The lowest BCUT2D eigenvalue weighted by Crippen LogP contribution is -2.35. The normalized spacial score (nSPS) is 13.9. The highest BCUT2D eigenvalue weighted by atomic mass is 16.5. The van der Waals surface area contributed by atoms with E-state index >= 15 is 0 Å². The molecule has 0 aliphatic carbocycles. The molecule has 1 N–H and O–H groups in total. The number of nitrogens with zero attached hydrogens (tertiary/aromatic N) is 1. The summed E-state index contributed by atoms with van der Waals surface area (Å²) in [6.07, 6.45) is 13.5. The topological polar surface area (TPSA) is 58.6 Å². The molecule has 1 aliphatic rings. The number of nitrogens with one attached hydrogen (secondary N) is 1. The Hall–Kier alpha value is -2.04. The number of hydrogen-bond donors (Lipinski definition) is 1. The molecule has 1 aromatic rings. The summed E-state index contributed by atoms with van der Waals surface area (Å²) in [5.41, 5.74) is 1.88. The molecule has 2 rings (SSSR count). The van der Waals surface area contributed by atoms with Crippen molar-refractivity contribution in [2.24, 2.45) is 0 Å². The summed E-state index contributed by atoms with van der Waals surface area (Å²) >= 11 is 0. The predicted molar refractivity (Wildman–Crippen MR) is 118 cm³/mol. The lowest BCUT2D eigenvalue weighted by atomic mass is 10.1. The average molecular weight is 403 g/mol. The standard InChI is InChI=1S/C24H38N2O3/c1-29-23(27)13-9-6-4-2-3-5-7-10-18-25-22-16-14-21(15-17-22)24(28)26-19-11-8-12-20-26/h14-17,25H,2-13,18-20H2,1H3. The molecule has 0 radical (unpaired) electrons. The molecule has 5 nitrogen and oxygen atoms in total. The van der Waals surface area contributed by atoms with E-state index in [9.17, 15) is 9.59 Å². The van der Waals surface area contributed by atoms with Gasteiger partial charge < -0.3 is 15.0 Å². The van der Waals surface area contributed by atoms with Crippen molar-refractivity contribution in [2.75, 3.05) is 32.1 Å². The first kappa shape index (κ1) is 23.2. The maximum atomic E-state index is 12.5. The molecule has 29 heavy (non-hydrogen) atoms. The third-order valence-electron chi connectivity index (χ3n) is 5.64. The zero-order valence-corrected chi connectivity index (χ0v) is 18.1. The highest BCUT2D eigenvalue weighted by Crippen LogP contribution is 2.16. The monoisotopic (exact) mass is 402 g/mol. The second-order valence-electron chi connectivity index (χ2n) is 8.01. The Labute approximate surface area is 176 Å². The second kappa shape index (κ2) is 14.0. The fourth-order valence-electron chi connectivity index (χ4n) is 3.80. The first-order chi connectivity index (χ1) is 14.2. The minimum atomic E-state index is -0.0965. The van der Waals surface area contributed by atoms with Crippen molar-refractivity contribution in [3.8, 4) is 0 Å². The van der Waals surface area contributed by atoms with Crippen molar-refractivity contribution in [1.29, 1.82) is 0 Å². The van der Waals surface area contributed by atoms with Gasteiger partial charge >= 0.3 is 5.97 Å². The van der Waals surface area contributed by atoms with Crippen LogP contribution in [0.4, 0.5) is 5.69 Å². The van der Waals surface area contributed by atoms with Gasteiger partial charge in [-0.1, -0.05) is 38.5 Å². The van der Waals surface area contributed by atoms with Gasteiger partial charge in [-0.25, -0.2) is 0 Å². The molecule has 1 fully saturated rings. The molecule has 0 saturated carbocycles. The molecule has 0 aromatic heterocycles. The molecule has 1 aliphatic heterocycles. The van der Waals surface area contributed by atoms with E-state index in [1.54, 1.807) is 0 Å². The van der Waals surface area contributed by atoms with E-state index in [-0.39, 0.29) is 11.9 Å². The predicted octanol–water partition coefficient (Wildman–Crippen LogP) is 5.41. The molecule has 1 heterocycles. The Morgan fingerprint density at radius 1 is 0.862 bits per heavy atom. The van der Waals surface area contributed by atoms with Gasteiger partial charge in [-0.3, -0.25) is 9.59 Å². The van der Waals surface area contributed by atoms with E-state index in [2.05, 4.69) is 10.1 Å². The maximum absolute atomic E-state index is 12.5. The molecular formula is C24H38N2O3. The smallest absolute Gasteiger partial charge is 0.305 e. The Morgan fingerprint density at radius 3 is 2.07 bits per heavy atom. The first-order valence-electron chi connectivity index (χ1n) is 11.4. The Balaban J connectivity index is 1.48. The molecule has 0 unspecified atom stereocenters. The largest absolute Gasteiger partial charge is 0.469 e. The average Bonchev–Trinajstić information content (AvgIpc) is 2.77. The second-order valence-corrected chi connectivity index (χ2v) is 8.01. The summed E-state index contributed by atoms with van der Waals surface area (Å²) in [5.74, 6) is 0.0716. The zero-order chi connectivity index (χ0) is 20.7. The van der Waals surface area contributed by atoms with Gasteiger partial charge in [-0.15, -0.1) is 0 Å². The number of amides is 1. The number of ether oxygens (including phenoxy) is 1. The first-order valence-corrected chi connectivity index (χ1v) is 11.4. The zero-order valence-electron chi connectivity index (χ0n) is 18.1. The van der Waals surface area contributed by atoms with Crippen LogP contribution >= 0.6 is 0 Å². The van der Waals surface area contributed by atoms with Gasteiger partial charge in [0.15, 0.2) is 0 Å². The Morgan fingerprint density at radius 2 is 1.45 bits per heavy atom. The van der Waals surface area contributed by atoms with E-state index < -0.39 is 0 Å². The SMILES string of the molecule is COC(=O)CCCCCCCCCCNc1ccc(C(=O)N2CCCCC2)cc1. The van der Waals surface area contributed by atoms with E-state index in [4.69, 9.17) is 0 Å².